The summed E-state index contributed by atoms with van der Waals surface area (Å²) in [4.78, 5) is 13.6. The van der Waals surface area contributed by atoms with Gasteiger partial charge in [0.25, 0.3) is 0 Å². The fraction of sp³-hybridized carbons (Fsp3) is 0.692. The third-order valence-electron chi connectivity index (χ3n) is 3.69. The van der Waals surface area contributed by atoms with E-state index >= 15 is 0 Å². The van der Waals surface area contributed by atoms with Crippen molar-refractivity contribution in [3.63, 3.8) is 0 Å². The monoisotopic (exact) mass is 274 g/mol. The molecule has 0 radical (unpaired) electrons. The number of halogens is 3. The Labute approximate surface area is 110 Å². The Balaban J connectivity index is 2.84. The van der Waals surface area contributed by atoms with Crippen molar-refractivity contribution in [2.75, 3.05) is 13.1 Å². The number of amides is 1. The Kier molecular flexibility index (Phi) is 4.61. The summed E-state index contributed by atoms with van der Waals surface area (Å²) in [7, 11) is 0. The van der Waals surface area contributed by atoms with Gasteiger partial charge >= 0.3 is 6.18 Å². The second-order valence-corrected chi connectivity index (χ2v) is 4.63. The highest BCUT2D eigenvalue weighted by Gasteiger charge is 2.41. The van der Waals surface area contributed by atoms with Crippen molar-refractivity contribution in [2.45, 2.75) is 39.3 Å². The van der Waals surface area contributed by atoms with E-state index in [0.717, 1.165) is 6.08 Å². The SMILES string of the molecule is CCC(C#N)(CC)C(=O)N1CC=C(C(F)(F)F)CC1. The van der Waals surface area contributed by atoms with Crippen LogP contribution in [0.4, 0.5) is 13.2 Å². The van der Waals surface area contributed by atoms with Crippen LogP contribution >= 0.6 is 0 Å². The molecule has 0 bridgehead atoms. The summed E-state index contributed by atoms with van der Waals surface area (Å²) in [5.41, 5.74) is -1.70. The van der Waals surface area contributed by atoms with E-state index in [1.54, 1.807) is 13.8 Å². The van der Waals surface area contributed by atoms with Gasteiger partial charge in [-0.1, -0.05) is 19.9 Å². The number of hydrogen-bond donors (Lipinski definition) is 0. The first-order chi connectivity index (χ1) is 8.80. The number of nitrogens with zero attached hydrogens (tertiary/aromatic N) is 2. The van der Waals surface area contributed by atoms with Crippen molar-refractivity contribution in [3.8, 4) is 6.07 Å². The Hall–Kier alpha value is -1.51. The zero-order chi connectivity index (χ0) is 14.7. The molecule has 0 fully saturated rings. The van der Waals surface area contributed by atoms with E-state index in [4.69, 9.17) is 5.26 Å². The molecule has 0 N–H and O–H groups in total. The van der Waals surface area contributed by atoms with Crippen molar-refractivity contribution in [1.82, 2.24) is 4.90 Å². The molecule has 0 atom stereocenters. The lowest BCUT2D eigenvalue weighted by atomic mass is 9.82. The third kappa shape index (κ3) is 3.09. The van der Waals surface area contributed by atoms with E-state index in [-0.39, 0.29) is 25.4 Å². The summed E-state index contributed by atoms with van der Waals surface area (Å²) in [6.45, 7) is 3.43. The highest BCUT2D eigenvalue weighted by molar-refractivity contribution is 5.85. The Bertz CT molecular complexity index is 417. The summed E-state index contributed by atoms with van der Waals surface area (Å²) >= 11 is 0. The molecule has 1 aliphatic heterocycles. The van der Waals surface area contributed by atoms with Crippen LogP contribution in [0.5, 0.6) is 0 Å². The smallest absolute Gasteiger partial charge is 0.337 e. The van der Waals surface area contributed by atoms with Gasteiger partial charge in [0.2, 0.25) is 5.91 Å². The molecule has 106 valence electrons. The predicted molar refractivity (Wildman–Crippen MR) is 64.0 cm³/mol. The second-order valence-electron chi connectivity index (χ2n) is 4.63. The van der Waals surface area contributed by atoms with Gasteiger partial charge in [0.15, 0.2) is 0 Å². The number of rotatable bonds is 3. The molecular formula is C13H17F3N2O. The van der Waals surface area contributed by atoms with Crippen molar-refractivity contribution < 1.29 is 18.0 Å². The van der Waals surface area contributed by atoms with Crippen LogP contribution in [-0.2, 0) is 4.79 Å². The molecule has 0 aromatic rings. The minimum absolute atomic E-state index is 0.0214. The maximum absolute atomic E-state index is 12.5. The Morgan fingerprint density at radius 2 is 2.00 bits per heavy atom. The van der Waals surface area contributed by atoms with Crippen LogP contribution in [0.2, 0.25) is 0 Å². The number of carbonyl (C=O) groups excluding carboxylic acids is 1. The summed E-state index contributed by atoms with van der Waals surface area (Å²) in [5, 5.41) is 9.17. The van der Waals surface area contributed by atoms with Crippen LogP contribution in [-0.4, -0.2) is 30.1 Å². The number of carbonyl (C=O) groups is 1. The first kappa shape index (κ1) is 15.5. The molecule has 0 saturated carbocycles. The van der Waals surface area contributed by atoms with E-state index in [2.05, 4.69) is 0 Å². The fourth-order valence-electron chi connectivity index (χ4n) is 2.17. The highest BCUT2D eigenvalue weighted by Crippen LogP contribution is 2.33. The number of nitriles is 1. The highest BCUT2D eigenvalue weighted by atomic mass is 19.4. The summed E-state index contributed by atoms with van der Waals surface area (Å²) in [6.07, 6.45) is -2.76. The maximum Gasteiger partial charge on any atom is 0.412 e. The topological polar surface area (TPSA) is 44.1 Å². The molecule has 0 saturated heterocycles. The second kappa shape index (κ2) is 5.64. The summed E-state index contributed by atoms with van der Waals surface area (Å²) in [5.74, 6) is -0.363. The van der Waals surface area contributed by atoms with Gasteiger partial charge in [-0.15, -0.1) is 0 Å². The summed E-state index contributed by atoms with van der Waals surface area (Å²) in [6, 6.07) is 2.02. The molecule has 0 aliphatic carbocycles. The van der Waals surface area contributed by atoms with E-state index in [1.807, 2.05) is 6.07 Å². The van der Waals surface area contributed by atoms with Crippen molar-refractivity contribution in [2.24, 2.45) is 5.41 Å². The molecule has 0 aromatic carbocycles. The molecule has 1 aliphatic rings. The van der Waals surface area contributed by atoms with Gasteiger partial charge in [-0.2, -0.15) is 18.4 Å². The van der Waals surface area contributed by atoms with Gasteiger partial charge in [-0.3, -0.25) is 4.79 Å². The molecular weight excluding hydrogens is 257 g/mol. The fourth-order valence-corrected chi connectivity index (χ4v) is 2.17. The first-order valence-electron chi connectivity index (χ1n) is 6.27. The molecule has 0 spiro atoms. The number of hydrogen-bond acceptors (Lipinski definition) is 2. The largest absolute Gasteiger partial charge is 0.412 e. The summed E-state index contributed by atoms with van der Waals surface area (Å²) < 4.78 is 37.4. The molecule has 6 heteroatoms. The van der Waals surface area contributed by atoms with Crippen molar-refractivity contribution in [3.05, 3.63) is 11.6 Å². The van der Waals surface area contributed by atoms with Crippen LogP contribution in [0.3, 0.4) is 0 Å². The van der Waals surface area contributed by atoms with Crippen LogP contribution in [0.25, 0.3) is 0 Å². The maximum atomic E-state index is 12.5. The molecule has 3 nitrogen and oxygen atoms in total. The average Bonchev–Trinajstić information content (AvgIpc) is 2.40. The molecule has 1 heterocycles. The lowest BCUT2D eigenvalue weighted by molar-refractivity contribution is -0.140. The molecule has 0 aromatic heterocycles. The van der Waals surface area contributed by atoms with Crippen molar-refractivity contribution in [1.29, 1.82) is 5.26 Å². The van der Waals surface area contributed by atoms with Gasteiger partial charge in [-0.25, -0.2) is 0 Å². The molecule has 0 unspecified atom stereocenters. The van der Waals surface area contributed by atoms with Crippen LogP contribution in [0.15, 0.2) is 11.6 Å². The molecule has 1 amide bonds. The molecule has 1 rings (SSSR count). The normalized spacial score (nSPS) is 16.8. The van der Waals surface area contributed by atoms with Gasteiger partial charge in [0.05, 0.1) is 6.07 Å². The van der Waals surface area contributed by atoms with Crippen LogP contribution in [0, 0.1) is 16.7 Å². The quantitative estimate of drug-likeness (QED) is 0.742. The lowest BCUT2D eigenvalue weighted by Crippen LogP contribution is -2.45. The standard InChI is InChI=1S/C13H17F3N2O/c1-3-12(4-2,9-17)11(19)18-7-5-10(6-8-18)13(14,15)16/h5H,3-4,6-8H2,1-2H3. The first-order valence-corrected chi connectivity index (χ1v) is 6.27. The van der Waals surface area contributed by atoms with Gasteiger partial charge in [-0.05, 0) is 19.3 Å². The average molecular weight is 274 g/mol. The van der Waals surface area contributed by atoms with E-state index < -0.39 is 17.2 Å². The Morgan fingerprint density at radius 1 is 1.42 bits per heavy atom. The van der Waals surface area contributed by atoms with E-state index in [9.17, 15) is 18.0 Å². The van der Waals surface area contributed by atoms with Crippen molar-refractivity contribution >= 4 is 5.91 Å². The van der Waals surface area contributed by atoms with Crippen LogP contribution < -0.4 is 0 Å². The molecule has 19 heavy (non-hydrogen) atoms. The van der Waals surface area contributed by atoms with E-state index in [0.29, 0.717) is 12.8 Å². The van der Waals surface area contributed by atoms with Gasteiger partial charge in [0.1, 0.15) is 5.41 Å². The Morgan fingerprint density at radius 3 is 2.32 bits per heavy atom. The van der Waals surface area contributed by atoms with Gasteiger partial charge in [0, 0.05) is 18.7 Å². The predicted octanol–water partition coefficient (Wildman–Crippen LogP) is 3.04. The zero-order valence-corrected chi connectivity index (χ0v) is 11.0. The minimum Gasteiger partial charge on any atom is -0.337 e. The van der Waals surface area contributed by atoms with E-state index in [1.165, 1.54) is 4.90 Å². The number of alkyl halides is 3. The third-order valence-corrected chi connectivity index (χ3v) is 3.69. The van der Waals surface area contributed by atoms with Crippen LogP contribution in [0.1, 0.15) is 33.1 Å². The lowest BCUT2D eigenvalue weighted by Gasteiger charge is -2.33. The zero-order valence-electron chi connectivity index (χ0n) is 11.0. The van der Waals surface area contributed by atoms with Gasteiger partial charge < -0.3 is 4.90 Å². The minimum atomic E-state index is -4.32.